The summed E-state index contributed by atoms with van der Waals surface area (Å²) >= 11 is 1.62. The number of rotatable bonds is 3. The van der Waals surface area contributed by atoms with Gasteiger partial charge in [0.25, 0.3) is 0 Å². The van der Waals surface area contributed by atoms with Gasteiger partial charge in [0.15, 0.2) is 0 Å². The summed E-state index contributed by atoms with van der Waals surface area (Å²) in [6.45, 7) is 2.27. The summed E-state index contributed by atoms with van der Waals surface area (Å²) in [4.78, 5) is 23.5. The third-order valence-corrected chi connectivity index (χ3v) is 3.32. The largest absolute Gasteiger partial charge is 0.360 e. The summed E-state index contributed by atoms with van der Waals surface area (Å²) in [5.74, 6) is 0.735. The molecule has 17 heavy (non-hydrogen) atoms. The molecular weight excluding hydrogens is 236 g/mol. The normalized spacial score (nSPS) is 10.5. The van der Waals surface area contributed by atoms with Gasteiger partial charge in [0, 0.05) is 19.0 Å². The number of carbonyl (C=O) groups is 1. The molecule has 0 unspecified atom stereocenters. The Morgan fingerprint density at radius 1 is 1.47 bits per heavy atom. The molecule has 0 fully saturated rings. The molecule has 0 radical (unpaired) electrons. The minimum Gasteiger partial charge on any atom is -0.360 e. The SMILES string of the molecule is Cc1cc2c(NCC(=O)N(C)C)ncnc2s1. The van der Waals surface area contributed by atoms with E-state index >= 15 is 0 Å². The molecule has 1 amide bonds. The van der Waals surface area contributed by atoms with Crippen LogP contribution < -0.4 is 5.32 Å². The van der Waals surface area contributed by atoms with Crippen molar-refractivity contribution in [3.05, 3.63) is 17.3 Å². The molecule has 90 valence electrons. The first kappa shape index (κ1) is 11.8. The Hall–Kier alpha value is -1.69. The zero-order valence-corrected chi connectivity index (χ0v) is 10.8. The molecule has 0 bridgehead atoms. The number of nitrogens with one attached hydrogen (secondary N) is 1. The van der Waals surface area contributed by atoms with Crippen LogP contribution in [0.25, 0.3) is 10.2 Å². The Bertz CT molecular complexity index is 549. The van der Waals surface area contributed by atoms with Crippen LogP contribution in [0.1, 0.15) is 4.88 Å². The van der Waals surface area contributed by atoms with Gasteiger partial charge in [0.2, 0.25) is 5.91 Å². The molecule has 0 saturated carbocycles. The van der Waals surface area contributed by atoms with Crippen LogP contribution in [-0.4, -0.2) is 41.4 Å². The first-order chi connectivity index (χ1) is 8.08. The van der Waals surface area contributed by atoms with Crippen LogP contribution in [0.2, 0.25) is 0 Å². The van der Waals surface area contributed by atoms with Gasteiger partial charge in [-0.1, -0.05) is 0 Å². The maximum absolute atomic E-state index is 11.5. The monoisotopic (exact) mass is 250 g/mol. The zero-order valence-electron chi connectivity index (χ0n) is 10.0. The first-order valence-corrected chi connectivity index (χ1v) is 6.04. The molecule has 2 heterocycles. The molecule has 2 aromatic rings. The summed E-state index contributed by atoms with van der Waals surface area (Å²) in [5.41, 5.74) is 0. The summed E-state index contributed by atoms with van der Waals surface area (Å²) < 4.78 is 0. The van der Waals surface area contributed by atoms with Gasteiger partial charge in [-0.25, -0.2) is 9.97 Å². The molecule has 6 heteroatoms. The fourth-order valence-corrected chi connectivity index (χ4v) is 2.28. The van der Waals surface area contributed by atoms with E-state index in [-0.39, 0.29) is 12.5 Å². The highest BCUT2D eigenvalue weighted by molar-refractivity contribution is 7.18. The maximum Gasteiger partial charge on any atom is 0.241 e. The molecule has 0 atom stereocenters. The van der Waals surface area contributed by atoms with E-state index in [1.165, 1.54) is 11.2 Å². The summed E-state index contributed by atoms with van der Waals surface area (Å²) in [6, 6.07) is 2.03. The summed E-state index contributed by atoms with van der Waals surface area (Å²) in [5, 5.41) is 4.02. The van der Waals surface area contributed by atoms with E-state index in [1.807, 2.05) is 13.0 Å². The van der Waals surface area contributed by atoms with Crippen LogP contribution in [0.15, 0.2) is 12.4 Å². The number of aromatic nitrogens is 2. The van der Waals surface area contributed by atoms with Gasteiger partial charge in [-0.3, -0.25) is 4.79 Å². The van der Waals surface area contributed by atoms with E-state index in [1.54, 1.807) is 30.3 Å². The predicted molar refractivity (Wildman–Crippen MR) is 69.3 cm³/mol. The van der Waals surface area contributed by atoms with Crippen molar-refractivity contribution in [2.24, 2.45) is 0 Å². The maximum atomic E-state index is 11.5. The van der Waals surface area contributed by atoms with E-state index in [0.29, 0.717) is 0 Å². The number of likely N-dealkylation sites (N-methyl/N-ethyl adjacent to an activating group) is 1. The second-order valence-corrected chi connectivity index (χ2v) is 5.17. The standard InChI is InChI=1S/C11H14N4OS/c1-7-4-8-10(12-5-9(16)15(2)3)13-6-14-11(8)17-7/h4,6H,5H2,1-3H3,(H,12,13,14). The molecule has 0 saturated heterocycles. The Labute approximate surface area is 103 Å². The Kier molecular flexibility index (Phi) is 3.23. The second kappa shape index (κ2) is 4.67. The highest BCUT2D eigenvalue weighted by atomic mass is 32.1. The Balaban J connectivity index is 2.21. The van der Waals surface area contributed by atoms with Crippen LogP contribution >= 0.6 is 11.3 Å². The number of anilines is 1. The smallest absolute Gasteiger partial charge is 0.241 e. The minimum atomic E-state index is 0.0173. The third kappa shape index (κ3) is 2.52. The van der Waals surface area contributed by atoms with Crippen molar-refractivity contribution in [3.8, 4) is 0 Å². The zero-order chi connectivity index (χ0) is 12.4. The lowest BCUT2D eigenvalue weighted by Gasteiger charge is -2.11. The number of thiophene rings is 1. The van der Waals surface area contributed by atoms with Crippen LogP contribution in [0, 0.1) is 6.92 Å². The average molecular weight is 250 g/mol. The number of nitrogens with zero attached hydrogens (tertiary/aromatic N) is 3. The lowest BCUT2D eigenvalue weighted by Crippen LogP contribution is -2.28. The van der Waals surface area contributed by atoms with Gasteiger partial charge in [-0.2, -0.15) is 0 Å². The number of carbonyl (C=O) groups excluding carboxylic acids is 1. The molecule has 2 rings (SSSR count). The van der Waals surface area contributed by atoms with Crippen molar-refractivity contribution >= 4 is 33.3 Å². The molecule has 1 N–H and O–H groups in total. The number of aryl methyl sites for hydroxylation is 1. The average Bonchev–Trinajstić information content (AvgIpc) is 2.66. The molecule has 0 aliphatic heterocycles. The molecule has 0 spiro atoms. The van der Waals surface area contributed by atoms with Crippen LogP contribution in [0.5, 0.6) is 0 Å². The number of hydrogen-bond acceptors (Lipinski definition) is 5. The van der Waals surface area contributed by atoms with Gasteiger partial charge < -0.3 is 10.2 Å². The van der Waals surface area contributed by atoms with Gasteiger partial charge in [0.1, 0.15) is 17.0 Å². The number of amides is 1. The van der Waals surface area contributed by atoms with E-state index in [0.717, 1.165) is 16.0 Å². The molecule has 0 aromatic carbocycles. The minimum absolute atomic E-state index is 0.0173. The van der Waals surface area contributed by atoms with E-state index in [9.17, 15) is 4.79 Å². The Morgan fingerprint density at radius 3 is 2.94 bits per heavy atom. The van der Waals surface area contributed by atoms with Gasteiger partial charge in [-0.05, 0) is 13.0 Å². The van der Waals surface area contributed by atoms with Crippen molar-refractivity contribution < 1.29 is 4.79 Å². The van der Waals surface area contributed by atoms with Crippen molar-refractivity contribution in [1.82, 2.24) is 14.9 Å². The van der Waals surface area contributed by atoms with Crippen LogP contribution in [-0.2, 0) is 4.79 Å². The van der Waals surface area contributed by atoms with Crippen molar-refractivity contribution in [1.29, 1.82) is 0 Å². The van der Waals surface area contributed by atoms with E-state index < -0.39 is 0 Å². The van der Waals surface area contributed by atoms with Crippen molar-refractivity contribution in [2.75, 3.05) is 26.0 Å². The van der Waals surface area contributed by atoms with Crippen LogP contribution in [0.4, 0.5) is 5.82 Å². The summed E-state index contributed by atoms with van der Waals surface area (Å²) in [7, 11) is 3.46. The highest BCUT2D eigenvalue weighted by Gasteiger charge is 2.09. The topological polar surface area (TPSA) is 58.1 Å². The lowest BCUT2D eigenvalue weighted by molar-refractivity contribution is -0.126. The predicted octanol–water partition coefficient (Wildman–Crippen LogP) is 1.50. The van der Waals surface area contributed by atoms with E-state index in [4.69, 9.17) is 0 Å². The van der Waals surface area contributed by atoms with E-state index in [2.05, 4.69) is 15.3 Å². The molecule has 5 nitrogen and oxygen atoms in total. The fraction of sp³-hybridized carbons (Fsp3) is 0.364. The molecule has 2 aromatic heterocycles. The Morgan fingerprint density at radius 2 is 2.24 bits per heavy atom. The fourth-order valence-electron chi connectivity index (χ4n) is 1.43. The highest BCUT2D eigenvalue weighted by Crippen LogP contribution is 2.27. The molecule has 0 aliphatic carbocycles. The van der Waals surface area contributed by atoms with Crippen molar-refractivity contribution in [3.63, 3.8) is 0 Å². The lowest BCUT2D eigenvalue weighted by atomic mass is 10.3. The van der Waals surface area contributed by atoms with Crippen molar-refractivity contribution in [2.45, 2.75) is 6.92 Å². The van der Waals surface area contributed by atoms with Crippen LogP contribution in [0.3, 0.4) is 0 Å². The van der Waals surface area contributed by atoms with Gasteiger partial charge in [-0.15, -0.1) is 11.3 Å². The number of fused-ring (bicyclic) bond motifs is 1. The number of hydrogen-bond donors (Lipinski definition) is 1. The van der Waals surface area contributed by atoms with Gasteiger partial charge >= 0.3 is 0 Å². The molecule has 0 aliphatic rings. The third-order valence-electron chi connectivity index (χ3n) is 2.36. The second-order valence-electron chi connectivity index (χ2n) is 3.94. The summed E-state index contributed by atoms with van der Waals surface area (Å²) in [6.07, 6.45) is 1.51. The molecular formula is C11H14N4OS. The quantitative estimate of drug-likeness (QED) is 0.897. The first-order valence-electron chi connectivity index (χ1n) is 5.23. The van der Waals surface area contributed by atoms with Gasteiger partial charge in [0.05, 0.1) is 11.9 Å².